The lowest BCUT2D eigenvalue weighted by Crippen LogP contribution is -2.29. The number of carbonyl (C=O) groups is 1. The summed E-state index contributed by atoms with van der Waals surface area (Å²) in [4.78, 5) is 13.7. The fourth-order valence-corrected chi connectivity index (χ4v) is 2.38. The zero-order valence-corrected chi connectivity index (χ0v) is 14.5. The highest BCUT2D eigenvalue weighted by Crippen LogP contribution is 2.31. The topological polar surface area (TPSA) is 48.0 Å². The van der Waals surface area contributed by atoms with Gasteiger partial charge in [0.2, 0.25) is 0 Å². The zero-order chi connectivity index (χ0) is 17.4. The van der Waals surface area contributed by atoms with E-state index in [2.05, 4.69) is 0 Å². The first kappa shape index (κ1) is 17.9. The number of carbonyl (C=O) groups excluding carboxylic acids is 1. The summed E-state index contributed by atoms with van der Waals surface area (Å²) in [5.41, 5.74) is 0.854. The molecule has 0 aromatic heterocycles. The zero-order valence-electron chi connectivity index (χ0n) is 13.7. The Balaban J connectivity index is 1.90. The number of halogens is 1. The summed E-state index contributed by atoms with van der Waals surface area (Å²) >= 11 is 6.06. The highest BCUT2D eigenvalue weighted by atomic mass is 35.5. The molecule has 0 N–H and O–H groups in total. The van der Waals surface area contributed by atoms with E-state index >= 15 is 0 Å². The molecule has 0 fully saturated rings. The average molecular weight is 350 g/mol. The van der Waals surface area contributed by atoms with Crippen molar-refractivity contribution in [2.75, 3.05) is 31.7 Å². The van der Waals surface area contributed by atoms with Crippen molar-refractivity contribution in [2.24, 2.45) is 0 Å². The Morgan fingerprint density at radius 1 is 1.17 bits per heavy atom. The van der Waals surface area contributed by atoms with Crippen LogP contribution in [0.15, 0.2) is 48.5 Å². The molecule has 0 heterocycles. The van der Waals surface area contributed by atoms with Crippen molar-refractivity contribution < 1.29 is 19.0 Å². The molecular weight excluding hydrogens is 330 g/mol. The van der Waals surface area contributed by atoms with E-state index in [1.165, 1.54) is 0 Å². The Labute approximate surface area is 146 Å². The summed E-state index contributed by atoms with van der Waals surface area (Å²) in [5.74, 6) is 1.17. The molecule has 2 aromatic rings. The molecule has 0 bridgehead atoms. The van der Waals surface area contributed by atoms with Gasteiger partial charge in [-0.3, -0.25) is 0 Å². The van der Waals surface area contributed by atoms with Crippen LogP contribution >= 0.6 is 11.6 Å². The number of benzene rings is 2. The molecule has 0 aliphatic rings. The largest absolute Gasteiger partial charge is 0.513 e. The van der Waals surface area contributed by atoms with E-state index in [1.54, 1.807) is 37.4 Å². The molecule has 5 nitrogen and oxygen atoms in total. The maximum atomic E-state index is 11.7. The normalized spacial score (nSPS) is 10.1. The van der Waals surface area contributed by atoms with E-state index in [4.69, 9.17) is 25.8 Å². The summed E-state index contributed by atoms with van der Waals surface area (Å²) in [6.45, 7) is 3.41. The molecule has 0 atom stereocenters. The maximum Gasteiger partial charge on any atom is 0.513 e. The lowest BCUT2D eigenvalue weighted by atomic mass is 10.2. The predicted molar refractivity (Wildman–Crippen MR) is 94.3 cm³/mol. The van der Waals surface area contributed by atoms with Gasteiger partial charge < -0.3 is 19.1 Å². The highest BCUT2D eigenvalue weighted by Gasteiger charge is 2.13. The van der Waals surface area contributed by atoms with Gasteiger partial charge in [-0.25, -0.2) is 4.79 Å². The minimum absolute atomic E-state index is 0.190. The number of ether oxygens (including phenoxy) is 3. The van der Waals surface area contributed by atoms with Crippen LogP contribution in [0.3, 0.4) is 0 Å². The van der Waals surface area contributed by atoms with E-state index < -0.39 is 6.16 Å². The minimum Gasteiger partial charge on any atom is -0.495 e. The molecule has 0 aliphatic carbocycles. The molecule has 24 heavy (non-hydrogen) atoms. The number of nitrogens with zero attached hydrogens (tertiary/aromatic N) is 1. The number of para-hydroxylation sites is 1. The first-order valence-electron chi connectivity index (χ1n) is 7.62. The quantitative estimate of drug-likeness (QED) is 0.548. The van der Waals surface area contributed by atoms with Crippen molar-refractivity contribution in [3.63, 3.8) is 0 Å². The Bertz CT molecular complexity index is 663. The van der Waals surface area contributed by atoms with Crippen LogP contribution in [-0.4, -0.2) is 33.0 Å². The van der Waals surface area contributed by atoms with Gasteiger partial charge in [0, 0.05) is 11.6 Å². The molecular formula is C18H20ClNO4. The van der Waals surface area contributed by atoms with Crippen molar-refractivity contribution in [1.82, 2.24) is 0 Å². The molecule has 0 amide bonds. The molecule has 128 valence electrons. The third kappa shape index (κ3) is 5.06. The van der Waals surface area contributed by atoms with E-state index in [0.29, 0.717) is 29.6 Å². The molecule has 0 saturated carbocycles. The summed E-state index contributed by atoms with van der Waals surface area (Å²) in [5, 5.41) is 0.619. The van der Waals surface area contributed by atoms with Crippen molar-refractivity contribution in [1.29, 1.82) is 0 Å². The van der Waals surface area contributed by atoms with Crippen LogP contribution in [0.4, 0.5) is 10.5 Å². The number of hydrogen-bond donors (Lipinski definition) is 0. The molecule has 0 saturated heterocycles. The molecule has 2 rings (SSSR count). The third-order valence-corrected chi connectivity index (χ3v) is 3.62. The number of hydrogen-bond acceptors (Lipinski definition) is 5. The standard InChI is InChI=1S/C18H20ClNO4/c1-3-20(16-13-14(19)9-10-17(16)22-2)11-12-23-18(21)24-15-7-5-4-6-8-15/h4-10,13H,3,11-12H2,1-2H3. The number of likely N-dealkylation sites (N-methyl/N-ethyl adjacent to an activating group) is 1. The molecule has 6 heteroatoms. The molecule has 0 radical (unpaired) electrons. The van der Waals surface area contributed by atoms with Crippen molar-refractivity contribution in [3.8, 4) is 11.5 Å². The van der Waals surface area contributed by atoms with Gasteiger partial charge in [-0.05, 0) is 37.3 Å². The number of rotatable bonds is 7. The first-order chi connectivity index (χ1) is 11.6. The van der Waals surface area contributed by atoms with Crippen LogP contribution in [-0.2, 0) is 4.74 Å². The third-order valence-electron chi connectivity index (χ3n) is 3.39. The Hall–Kier alpha value is -2.40. The van der Waals surface area contributed by atoms with E-state index in [-0.39, 0.29) is 6.61 Å². The van der Waals surface area contributed by atoms with Crippen LogP contribution in [0.5, 0.6) is 11.5 Å². The summed E-state index contributed by atoms with van der Waals surface area (Å²) in [6, 6.07) is 14.2. The van der Waals surface area contributed by atoms with Crippen molar-refractivity contribution in [2.45, 2.75) is 6.92 Å². The van der Waals surface area contributed by atoms with Crippen LogP contribution in [0.25, 0.3) is 0 Å². The maximum absolute atomic E-state index is 11.7. The fourth-order valence-electron chi connectivity index (χ4n) is 2.21. The Kier molecular flexibility index (Phi) is 6.75. The SMILES string of the molecule is CCN(CCOC(=O)Oc1ccccc1)c1cc(Cl)ccc1OC. The smallest absolute Gasteiger partial charge is 0.495 e. The summed E-state index contributed by atoms with van der Waals surface area (Å²) < 4.78 is 15.6. The van der Waals surface area contributed by atoms with Gasteiger partial charge >= 0.3 is 6.16 Å². The average Bonchev–Trinajstić information content (AvgIpc) is 2.59. The van der Waals surface area contributed by atoms with E-state index in [1.807, 2.05) is 30.0 Å². The number of anilines is 1. The molecule has 2 aromatic carbocycles. The van der Waals surface area contributed by atoms with E-state index in [0.717, 1.165) is 5.69 Å². The number of methoxy groups -OCH3 is 1. The van der Waals surface area contributed by atoms with Crippen molar-refractivity contribution >= 4 is 23.4 Å². The second-order valence-electron chi connectivity index (χ2n) is 4.91. The van der Waals surface area contributed by atoms with Crippen molar-refractivity contribution in [3.05, 3.63) is 53.6 Å². The van der Waals surface area contributed by atoms with Crippen LogP contribution < -0.4 is 14.4 Å². The van der Waals surface area contributed by atoms with Gasteiger partial charge in [0.05, 0.1) is 19.3 Å². The molecule has 0 aliphatic heterocycles. The predicted octanol–water partition coefficient (Wildman–Crippen LogP) is 4.39. The van der Waals surface area contributed by atoms with E-state index in [9.17, 15) is 4.79 Å². The highest BCUT2D eigenvalue weighted by molar-refractivity contribution is 6.30. The summed E-state index contributed by atoms with van der Waals surface area (Å²) in [6.07, 6.45) is -0.727. The second-order valence-corrected chi connectivity index (χ2v) is 5.35. The van der Waals surface area contributed by atoms with Gasteiger partial charge in [-0.1, -0.05) is 29.8 Å². The van der Waals surface area contributed by atoms with Gasteiger partial charge in [-0.2, -0.15) is 0 Å². The lowest BCUT2D eigenvalue weighted by molar-refractivity contribution is 0.101. The van der Waals surface area contributed by atoms with Gasteiger partial charge in [0.25, 0.3) is 0 Å². The fraction of sp³-hybridized carbons (Fsp3) is 0.278. The van der Waals surface area contributed by atoms with Crippen LogP contribution in [0, 0.1) is 0 Å². The first-order valence-corrected chi connectivity index (χ1v) is 8.00. The Morgan fingerprint density at radius 2 is 1.92 bits per heavy atom. The lowest BCUT2D eigenvalue weighted by Gasteiger charge is -2.24. The van der Waals surface area contributed by atoms with Crippen LogP contribution in [0.2, 0.25) is 5.02 Å². The summed E-state index contributed by atoms with van der Waals surface area (Å²) in [7, 11) is 1.61. The molecule has 0 spiro atoms. The Morgan fingerprint density at radius 3 is 2.58 bits per heavy atom. The van der Waals surface area contributed by atoms with Gasteiger partial charge in [-0.15, -0.1) is 0 Å². The molecule has 0 unspecified atom stereocenters. The van der Waals surface area contributed by atoms with Crippen LogP contribution in [0.1, 0.15) is 6.92 Å². The van der Waals surface area contributed by atoms with Gasteiger partial charge in [0.15, 0.2) is 0 Å². The second kappa shape index (κ2) is 9.03. The monoisotopic (exact) mass is 349 g/mol. The van der Waals surface area contributed by atoms with Gasteiger partial charge in [0.1, 0.15) is 18.1 Å². The minimum atomic E-state index is -0.727.